The van der Waals surface area contributed by atoms with Crippen LogP contribution in [0.5, 0.6) is 5.75 Å². The molecule has 0 spiro atoms. The Hall–Kier alpha value is -0.780. The molecular formula is C12H15BrClNO3. The molecule has 6 heteroatoms. The summed E-state index contributed by atoms with van der Waals surface area (Å²) in [6, 6.07) is 5.17. The van der Waals surface area contributed by atoms with E-state index in [9.17, 15) is 4.79 Å². The van der Waals surface area contributed by atoms with Crippen molar-refractivity contribution in [3.05, 3.63) is 27.7 Å². The first-order chi connectivity index (χ1) is 8.49. The van der Waals surface area contributed by atoms with Gasteiger partial charge in [0, 0.05) is 11.0 Å². The lowest BCUT2D eigenvalue weighted by atomic mass is 10.3. The maximum absolute atomic E-state index is 11.4. The number of hydrogen-bond donors (Lipinski definition) is 2. The molecule has 1 aromatic carbocycles. The first-order valence-corrected chi connectivity index (χ1v) is 6.68. The highest BCUT2D eigenvalue weighted by atomic mass is 79.9. The van der Waals surface area contributed by atoms with Crippen molar-refractivity contribution < 1.29 is 14.6 Å². The minimum Gasteiger partial charge on any atom is -0.482 e. The van der Waals surface area contributed by atoms with Crippen LogP contribution in [0.15, 0.2) is 22.7 Å². The largest absolute Gasteiger partial charge is 0.482 e. The van der Waals surface area contributed by atoms with Gasteiger partial charge in [-0.3, -0.25) is 4.79 Å². The van der Waals surface area contributed by atoms with Gasteiger partial charge in [0.05, 0.1) is 11.1 Å². The van der Waals surface area contributed by atoms with Crippen LogP contribution in [0, 0.1) is 0 Å². The van der Waals surface area contributed by atoms with E-state index in [-0.39, 0.29) is 12.5 Å². The molecule has 18 heavy (non-hydrogen) atoms. The van der Waals surface area contributed by atoms with Crippen LogP contribution in [0.25, 0.3) is 0 Å². The second kappa shape index (κ2) is 7.61. The van der Waals surface area contributed by atoms with E-state index in [1.807, 2.05) is 0 Å². The average molecular weight is 337 g/mol. The number of ether oxygens (including phenoxy) is 1. The zero-order valence-corrected chi connectivity index (χ0v) is 12.3. The van der Waals surface area contributed by atoms with E-state index in [1.165, 1.54) is 0 Å². The smallest absolute Gasteiger partial charge is 0.257 e. The summed E-state index contributed by atoms with van der Waals surface area (Å²) in [6.07, 6.45) is 0.0947. The minimum atomic E-state index is -0.424. The average Bonchev–Trinajstić information content (AvgIpc) is 2.27. The van der Waals surface area contributed by atoms with E-state index < -0.39 is 6.10 Å². The van der Waals surface area contributed by atoms with Gasteiger partial charge in [-0.05, 0) is 31.5 Å². The van der Waals surface area contributed by atoms with Gasteiger partial charge in [0.25, 0.3) is 5.91 Å². The highest BCUT2D eigenvalue weighted by Gasteiger charge is 2.06. The summed E-state index contributed by atoms with van der Waals surface area (Å²) in [5, 5.41) is 12.1. The number of amides is 1. The van der Waals surface area contributed by atoms with Gasteiger partial charge in [0.2, 0.25) is 0 Å². The van der Waals surface area contributed by atoms with Crippen LogP contribution in [0.2, 0.25) is 5.02 Å². The van der Waals surface area contributed by atoms with Gasteiger partial charge in [-0.25, -0.2) is 0 Å². The summed E-state index contributed by atoms with van der Waals surface area (Å²) in [5.41, 5.74) is 0. The van der Waals surface area contributed by atoms with E-state index in [2.05, 4.69) is 21.2 Å². The maximum atomic E-state index is 11.4. The maximum Gasteiger partial charge on any atom is 0.257 e. The number of hydrogen-bond acceptors (Lipinski definition) is 3. The van der Waals surface area contributed by atoms with Crippen molar-refractivity contribution in [3.8, 4) is 5.75 Å². The van der Waals surface area contributed by atoms with E-state index >= 15 is 0 Å². The predicted molar refractivity (Wildman–Crippen MR) is 74.0 cm³/mol. The quantitative estimate of drug-likeness (QED) is 0.838. The molecule has 1 atom stereocenters. The van der Waals surface area contributed by atoms with Crippen molar-refractivity contribution in [2.45, 2.75) is 19.4 Å². The van der Waals surface area contributed by atoms with Crippen LogP contribution in [-0.2, 0) is 4.79 Å². The molecule has 0 fully saturated rings. The summed E-state index contributed by atoms with van der Waals surface area (Å²) in [5.74, 6) is 0.222. The van der Waals surface area contributed by atoms with Gasteiger partial charge in [-0.1, -0.05) is 27.5 Å². The van der Waals surface area contributed by atoms with E-state index in [1.54, 1.807) is 25.1 Å². The lowest BCUT2D eigenvalue weighted by molar-refractivity contribution is -0.123. The van der Waals surface area contributed by atoms with Gasteiger partial charge >= 0.3 is 0 Å². The molecule has 1 rings (SSSR count). The lowest BCUT2D eigenvalue weighted by Gasteiger charge is -2.09. The van der Waals surface area contributed by atoms with E-state index in [0.29, 0.717) is 23.7 Å². The second-order valence-electron chi connectivity index (χ2n) is 3.85. The molecule has 0 aliphatic carbocycles. The molecule has 1 unspecified atom stereocenters. The number of carbonyl (C=O) groups is 1. The molecule has 2 N–H and O–H groups in total. The highest BCUT2D eigenvalue weighted by molar-refractivity contribution is 9.10. The Morgan fingerprint density at radius 3 is 2.94 bits per heavy atom. The normalized spacial score (nSPS) is 12.0. The Bertz CT molecular complexity index is 412. The van der Waals surface area contributed by atoms with Gasteiger partial charge in [-0.15, -0.1) is 0 Å². The molecule has 100 valence electrons. The Labute approximate surface area is 119 Å². The van der Waals surface area contributed by atoms with Gasteiger partial charge in [0.1, 0.15) is 5.75 Å². The van der Waals surface area contributed by atoms with Crippen LogP contribution in [0.1, 0.15) is 13.3 Å². The molecule has 0 bridgehead atoms. The molecule has 0 aliphatic heterocycles. The zero-order valence-electron chi connectivity index (χ0n) is 9.95. The van der Waals surface area contributed by atoms with Crippen molar-refractivity contribution in [2.75, 3.05) is 13.2 Å². The number of benzene rings is 1. The molecule has 0 aliphatic rings. The van der Waals surface area contributed by atoms with E-state index in [4.69, 9.17) is 21.4 Å². The number of halogens is 2. The fourth-order valence-electron chi connectivity index (χ4n) is 1.21. The molecule has 0 aromatic heterocycles. The molecule has 0 saturated carbocycles. The van der Waals surface area contributed by atoms with Gasteiger partial charge < -0.3 is 15.2 Å². The minimum absolute atomic E-state index is 0.0961. The fourth-order valence-corrected chi connectivity index (χ4v) is 1.94. The van der Waals surface area contributed by atoms with Crippen molar-refractivity contribution in [1.29, 1.82) is 0 Å². The summed E-state index contributed by atoms with van der Waals surface area (Å²) in [7, 11) is 0. The van der Waals surface area contributed by atoms with Crippen LogP contribution in [-0.4, -0.2) is 30.3 Å². The van der Waals surface area contributed by atoms with Crippen LogP contribution < -0.4 is 10.1 Å². The number of aliphatic hydroxyl groups is 1. The van der Waals surface area contributed by atoms with E-state index in [0.717, 1.165) is 4.47 Å². The third-order valence-corrected chi connectivity index (χ3v) is 2.93. The van der Waals surface area contributed by atoms with Crippen molar-refractivity contribution >= 4 is 33.4 Å². The Morgan fingerprint density at radius 2 is 2.33 bits per heavy atom. The number of aliphatic hydroxyl groups excluding tert-OH is 1. The number of carbonyl (C=O) groups excluding carboxylic acids is 1. The number of rotatable bonds is 6. The first kappa shape index (κ1) is 15.3. The predicted octanol–water partition coefficient (Wildman–Crippen LogP) is 2.37. The second-order valence-corrected chi connectivity index (χ2v) is 5.17. The Balaban J connectivity index is 2.33. The van der Waals surface area contributed by atoms with Crippen LogP contribution >= 0.6 is 27.5 Å². The Kier molecular flexibility index (Phi) is 6.46. The van der Waals surface area contributed by atoms with Crippen molar-refractivity contribution in [2.24, 2.45) is 0 Å². The zero-order chi connectivity index (χ0) is 13.5. The first-order valence-electron chi connectivity index (χ1n) is 5.51. The molecular weight excluding hydrogens is 321 g/mol. The molecule has 0 heterocycles. The summed E-state index contributed by atoms with van der Waals surface area (Å²) < 4.78 is 6.13. The lowest BCUT2D eigenvalue weighted by Crippen LogP contribution is -2.31. The molecule has 0 radical (unpaired) electrons. The monoisotopic (exact) mass is 335 g/mol. The highest BCUT2D eigenvalue weighted by Crippen LogP contribution is 2.27. The molecule has 0 saturated heterocycles. The van der Waals surface area contributed by atoms with Crippen molar-refractivity contribution in [1.82, 2.24) is 5.32 Å². The van der Waals surface area contributed by atoms with Crippen molar-refractivity contribution in [3.63, 3.8) is 0 Å². The molecule has 1 aromatic rings. The summed E-state index contributed by atoms with van der Waals surface area (Å²) in [6.45, 7) is 2.00. The standard InChI is InChI=1S/C12H15BrClNO3/c1-8(16)4-5-15-12(17)7-18-11-3-2-9(13)6-10(11)14/h2-3,6,8,16H,4-5,7H2,1H3,(H,15,17). The number of nitrogens with one attached hydrogen (secondary N) is 1. The molecule has 1 amide bonds. The van der Waals surface area contributed by atoms with Crippen LogP contribution in [0.3, 0.4) is 0 Å². The van der Waals surface area contributed by atoms with Gasteiger partial charge in [-0.2, -0.15) is 0 Å². The molecule has 4 nitrogen and oxygen atoms in total. The third-order valence-electron chi connectivity index (χ3n) is 2.14. The fraction of sp³-hybridized carbons (Fsp3) is 0.417. The summed E-state index contributed by atoms with van der Waals surface area (Å²) >= 11 is 9.22. The summed E-state index contributed by atoms with van der Waals surface area (Å²) in [4.78, 5) is 11.4. The third kappa shape index (κ3) is 5.71. The topological polar surface area (TPSA) is 58.6 Å². The SMILES string of the molecule is CC(O)CCNC(=O)COc1ccc(Br)cc1Cl. The van der Waals surface area contributed by atoms with Gasteiger partial charge in [0.15, 0.2) is 6.61 Å². The Morgan fingerprint density at radius 1 is 1.61 bits per heavy atom. The van der Waals surface area contributed by atoms with Crippen LogP contribution in [0.4, 0.5) is 0 Å².